The molecule has 1 N–H and O–H groups in total. The number of nitrogens with zero attached hydrogens (tertiary/aromatic N) is 1. The number of rotatable bonds is 5. The summed E-state index contributed by atoms with van der Waals surface area (Å²) in [6.45, 7) is 2.46. The van der Waals surface area contributed by atoms with Crippen LogP contribution in [0.3, 0.4) is 0 Å². The van der Waals surface area contributed by atoms with Gasteiger partial charge in [0.15, 0.2) is 0 Å². The molecule has 0 bridgehead atoms. The molecule has 0 aliphatic carbocycles. The number of likely N-dealkylation sites (N-methyl/N-ethyl adjacent to an activating group) is 1. The number of amides is 2. The second-order valence-corrected chi connectivity index (χ2v) is 7.17. The molecule has 0 aliphatic rings. The lowest BCUT2D eigenvalue weighted by atomic mass is 10.2. The van der Waals surface area contributed by atoms with Crippen molar-refractivity contribution in [3.8, 4) is 0 Å². The first-order valence-electron chi connectivity index (χ1n) is 6.79. The molecular formula is C16H17BrN2O2S. The maximum absolute atomic E-state index is 12.1. The number of hydrogen-bond acceptors (Lipinski definition) is 3. The summed E-state index contributed by atoms with van der Waals surface area (Å²) >= 11 is 4.80. The number of nitrogens with one attached hydrogen (secondary N) is 1. The maximum atomic E-state index is 12.1. The van der Waals surface area contributed by atoms with Crippen molar-refractivity contribution in [1.29, 1.82) is 0 Å². The highest BCUT2D eigenvalue weighted by molar-refractivity contribution is 9.10. The van der Waals surface area contributed by atoms with E-state index in [1.54, 1.807) is 18.0 Å². The molecular weight excluding hydrogens is 364 g/mol. The molecule has 1 aromatic carbocycles. The minimum atomic E-state index is -0.205. The van der Waals surface area contributed by atoms with Crippen LogP contribution in [0.5, 0.6) is 0 Å². The van der Waals surface area contributed by atoms with Gasteiger partial charge in [0, 0.05) is 22.9 Å². The van der Waals surface area contributed by atoms with Crippen LogP contribution in [0.4, 0.5) is 0 Å². The van der Waals surface area contributed by atoms with E-state index in [0.717, 1.165) is 14.9 Å². The molecule has 6 heteroatoms. The fourth-order valence-corrected chi connectivity index (χ4v) is 2.93. The van der Waals surface area contributed by atoms with Gasteiger partial charge in [0.2, 0.25) is 5.91 Å². The first kappa shape index (κ1) is 16.7. The number of halogens is 1. The van der Waals surface area contributed by atoms with Crippen molar-refractivity contribution in [2.45, 2.75) is 13.5 Å². The minimum Gasteiger partial charge on any atom is -0.342 e. The highest BCUT2D eigenvalue weighted by Crippen LogP contribution is 2.14. The normalized spacial score (nSPS) is 10.3. The van der Waals surface area contributed by atoms with Gasteiger partial charge in [-0.2, -0.15) is 0 Å². The van der Waals surface area contributed by atoms with E-state index >= 15 is 0 Å². The third-order valence-corrected chi connectivity index (χ3v) is 4.65. The Kier molecular flexibility index (Phi) is 5.74. The fourth-order valence-electron chi connectivity index (χ4n) is 1.89. The third kappa shape index (κ3) is 4.68. The molecule has 0 spiro atoms. The van der Waals surface area contributed by atoms with Crippen LogP contribution in [0.2, 0.25) is 0 Å². The Labute approximate surface area is 142 Å². The first-order valence-corrected chi connectivity index (χ1v) is 8.39. The third-order valence-electron chi connectivity index (χ3n) is 3.12. The van der Waals surface area contributed by atoms with E-state index in [1.807, 2.05) is 37.3 Å². The summed E-state index contributed by atoms with van der Waals surface area (Å²) in [4.78, 5) is 27.3. The van der Waals surface area contributed by atoms with Gasteiger partial charge in [0.25, 0.3) is 5.91 Å². The summed E-state index contributed by atoms with van der Waals surface area (Å²) in [5.41, 5.74) is 1.04. The van der Waals surface area contributed by atoms with E-state index in [9.17, 15) is 9.59 Å². The minimum absolute atomic E-state index is 0.00279. The Hall–Kier alpha value is -1.66. The van der Waals surface area contributed by atoms with Crippen LogP contribution in [-0.4, -0.2) is 30.3 Å². The van der Waals surface area contributed by atoms with Gasteiger partial charge in [-0.3, -0.25) is 9.59 Å². The van der Waals surface area contributed by atoms with Crippen molar-refractivity contribution in [1.82, 2.24) is 10.2 Å². The second-order valence-electron chi connectivity index (χ2n) is 4.97. The number of aryl methyl sites for hydroxylation is 1. The predicted molar refractivity (Wildman–Crippen MR) is 92.0 cm³/mol. The Balaban J connectivity index is 1.83. The van der Waals surface area contributed by atoms with Gasteiger partial charge >= 0.3 is 0 Å². The Morgan fingerprint density at radius 2 is 1.86 bits per heavy atom. The van der Waals surface area contributed by atoms with Crippen molar-refractivity contribution in [2.24, 2.45) is 0 Å². The van der Waals surface area contributed by atoms with E-state index in [2.05, 4.69) is 21.2 Å². The lowest BCUT2D eigenvalue weighted by molar-refractivity contribution is -0.129. The standard InChI is InChI=1S/C16H17BrN2O2S/c1-11-3-8-14(22-11)16(21)18-9-15(20)19(2)10-12-4-6-13(17)7-5-12/h3-8H,9-10H2,1-2H3,(H,18,21). The van der Waals surface area contributed by atoms with Gasteiger partial charge in [0.05, 0.1) is 11.4 Å². The zero-order valence-electron chi connectivity index (χ0n) is 12.4. The number of benzene rings is 1. The molecule has 0 saturated carbocycles. The summed E-state index contributed by atoms with van der Waals surface area (Å²) < 4.78 is 1.00. The monoisotopic (exact) mass is 380 g/mol. The van der Waals surface area contributed by atoms with Gasteiger partial charge in [0.1, 0.15) is 0 Å². The Morgan fingerprint density at radius 3 is 2.45 bits per heavy atom. The van der Waals surface area contributed by atoms with Gasteiger partial charge in [-0.15, -0.1) is 11.3 Å². The van der Waals surface area contributed by atoms with Crippen molar-refractivity contribution in [3.63, 3.8) is 0 Å². The summed E-state index contributed by atoms with van der Waals surface area (Å²) in [6.07, 6.45) is 0. The zero-order chi connectivity index (χ0) is 16.1. The van der Waals surface area contributed by atoms with Crippen molar-refractivity contribution in [2.75, 3.05) is 13.6 Å². The molecule has 1 heterocycles. The van der Waals surface area contributed by atoms with E-state index in [0.29, 0.717) is 11.4 Å². The molecule has 0 aliphatic heterocycles. The smallest absolute Gasteiger partial charge is 0.261 e. The number of hydrogen-bond donors (Lipinski definition) is 1. The molecule has 2 rings (SSSR count). The Morgan fingerprint density at radius 1 is 1.18 bits per heavy atom. The van der Waals surface area contributed by atoms with E-state index in [1.165, 1.54) is 11.3 Å². The van der Waals surface area contributed by atoms with Crippen LogP contribution < -0.4 is 5.32 Å². The van der Waals surface area contributed by atoms with Crippen LogP contribution in [-0.2, 0) is 11.3 Å². The Bertz CT molecular complexity index is 667. The van der Waals surface area contributed by atoms with Crippen molar-refractivity contribution >= 4 is 39.1 Å². The maximum Gasteiger partial charge on any atom is 0.261 e. The van der Waals surface area contributed by atoms with Crippen LogP contribution >= 0.6 is 27.3 Å². The first-order chi connectivity index (χ1) is 10.5. The molecule has 116 valence electrons. The van der Waals surface area contributed by atoms with Crippen LogP contribution in [0.1, 0.15) is 20.1 Å². The molecule has 4 nitrogen and oxygen atoms in total. The molecule has 0 saturated heterocycles. The summed E-state index contributed by atoms with van der Waals surface area (Å²) in [5.74, 6) is -0.326. The van der Waals surface area contributed by atoms with Crippen LogP contribution in [0.25, 0.3) is 0 Å². The lowest BCUT2D eigenvalue weighted by Crippen LogP contribution is -2.37. The molecule has 0 radical (unpaired) electrons. The summed E-state index contributed by atoms with van der Waals surface area (Å²) in [6, 6.07) is 11.5. The summed E-state index contributed by atoms with van der Waals surface area (Å²) in [7, 11) is 1.73. The largest absolute Gasteiger partial charge is 0.342 e. The highest BCUT2D eigenvalue weighted by atomic mass is 79.9. The SMILES string of the molecule is Cc1ccc(C(=O)NCC(=O)N(C)Cc2ccc(Br)cc2)s1. The molecule has 0 fully saturated rings. The molecule has 2 amide bonds. The topological polar surface area (TPSA) is 49.4 Å². The van der Waals surface area contributed by atoms with Crippen molar-refractivity contribution < 1.29 is 9.59 Å². The quantitative estimate of drug-likeness (QED) is 0.865. The average molecular weight is 381 g/mol. The predicted octanol–water partition coefficient (Wildman–Crippen LogP) is 3.21. The number of thiophene rings is 1. The average Bonchev–Trinajstić information content (AvgIpc) is 2.93. The molecule has 22 heavy (non-hydrogen) atoms. The molecule has 2 aromatic rings. The van der Waals surface area contributed by atoms with Gasteiger partial charge in [-0.05, 0) is 36.8 Å². The van der Waals surface area contributed by atoms with Gasteiger partial charge < -0.3 is 10.2 Å². The highest BCUT2D eigenvalue weighted by Gasteiger charge is 2.13. The lowest BCUT2D eigenvalue weighted by Gasteiger charge is -2.17. The van der Waals surface area contributed by atoms with Gasteiger partial charge in [-0.1, -0.05) is 28.1 Å². The van der Waals surface area contributed by atoms with Crippen LogP contribution in [0.15, 0.2) is 40.9 Å². The molecule has 0 atom stereocenters. The fraction of sp³-hybridized carbons (Fsp3) is 0.250. The second kappa shape index (κ2) is 7.56. The number of carbonyl (C=O) groups excluding carboxylic acids is 2. The van der Waals surface area contributed by atoms with Crippen LogP contribution in [0, 0.1) is 6.92 Å². The van der Waals surface area contributed by atoms with E-state index in [-0.39, 0.29) is 18.4 Å². The van der Waals surface area contributed by atoms with Crippen molar-refractivity contribution in [3.05, 3.63) is 56.2 Å². The molecule has 1 aromatic heterocycles. The number of carbonyl (C=O) groups is 2. The van der Waals surface area contributed by atoms with E-state index < -0.39 is 0 Å². The molecule has 0 unspecified atom stereocenters. The van der Waals surface area contributed by atoms with E-state index in [4.69, 9.17) is 0 Å². The van der Waals surface area contributed by atoms with Gasteiger partial charge in [-0.25, -0.2) is 0 Å². The zero-order valence-corrected chi connectivity index (χ0v) is 14.8. The summed E-state index contributed by atoms with van der Waals surface area (Å²) in [5, 5.41) is 2.66.